The summed E-state index contributed by atoms with van der Waals surface area (Å²) in [5.74, 6) is 0.0588. The number of aryl methyl sites for hydroxylation is 2. The van der Waals surface area contributed by atoms with Crippen LogP contribution in [0.25, 0.3) is 11.1 Å². The number of nitrogens with two attached hydrogens (primary N) is 1. The molecule has 0 fully saturated rings. The molecule has 0 unspecified atom stereocenters. The highest BCUT2D eigenvalue weighted by Crippen LogP contribution is 2.36. The van der Waals surface area contributed by atoms with Crippen molar-refractivity contribution in [3.8, 4) is 16.9 Å². The van der Waals surface area contributed by atoms with Crippen LogP contribution in [0.4, 0.5) is 5.69 Å². The fourth-order valence-electron chi connectivity index (χ4n) is 2.09. The topological polar surface area (TPSA) is 46.2 Å². The van der Waals surface area contributed by atoms with Crippen molar-refractivity contribution in [2.75, 3.05) is 5.73 Å². The second-order valence-electron chi connectivity index (χ2n) is 4.41. The van der Waals surface area contributed by atoms with Crippen LogP contribution < -0.4 is 5.73 Å². The standard InChI is InChI=1S/C15H16ClNO/c1-3-10-6-9(2)4-5-11(10)12-7-15(18)13(16)8-14(12)17/h4-8,18H,3,17H2,1-2H3. The Morgan fingerprint density at radius 2 is 1.89 bits per heavy atom. The Labute approximate surface area is 112 Å². The maximum Gasteiger partial charge on any atom is 0.134 e. The first-order valence-electron chi connectivity index (χ1n) is 5.90. The summed E-state index contributed by atoms with van der Waals surface area (Å²) in [4.78, 5) is 0. The zero-order chi connectivity index (χ0) is 13.3. The minimum Gasteiger partial charge on any atom is -0.506 e. The molecule has 18 heavy (non-hydrogen) atoms. The Balaban J connectivity index is 2.65. The van der Waals surface area contributed by atoms with Gasteiger partial charge in [0.15, 0.2) is 0 Å². The molecule has 3 N–H and O–H groups in total. The second kappa shape index (κ2) is 4.91. The lowest BCUT2D eigenvalue weighted by Gasteiger charge is -2.12. The van der Waals surface area contributed by atoms with E-state index in [4.69, 9.17) is 17.3 Å². The molecule has 0 bridgehead atoms. The van der Waals surface area contributed by atoms with Gasteiger partial charge in [0, 0.05) is 11.3 Å². The predicted molar refractivity (Wildman–Crippen MR) is 77.1 cm³/mol. The summed E-state index contributed by atoms with van der Waals surface area (Å²) in [6, 6.07) is 9.43. The van der Waals surface area contributed by atoms with Gasteiger partial charge in [0.1, 0.15) is 5.75 Å². The summed E-state index contributed by atoms with van der Waals surface area (Å²) < 4.78 is 0. The summed E-state index contributed by atoms with van der Waals surface area (Å²) >= 11 is 5.84. The zero-order valence-corrected chi connectivity index (χ0v) is 11.3. The highest BCUT2D eigenvalue weighted by Gasteiger charge is 2.11. The van der Waals surface area contributed by atoms with Gasteiger partial charge >= 0.3 is 0 Å². The number of rotatable bonds is 2. The molecule has 0 aliphatic heterocycles. The molecule has 3 heteroatoms. The molecule has 2 rings (SSSR count). The molecular formula is C15H16ClNO. The van der Waals surface area contributed by atoms with Crippen LogP contribution in [0, 0.1) is 6.92 Å². The Morgan fingerprint density at radius 1 is 1.17 bits per heavy atom. The van der Waals surface area contributed by atoms with Gasteiger partial charge in [0.25, 0.3) is 0 Å². The van der Waals surface area contributed by atoms with Gasteiger partial charge in [-0.05, 0) is 36.6 Å². The lowest BCUT2D eigenvalue weighted by Crippen LogP contribution is -1.94. The van der Waals surface area contributed by atoms with Crippen molar-refractivity contribution >= 4 is 17.3 Å². The number of hydrogen-bond donors (Lipinski definition) is 2. The molecule has 0 saturated carbocycles. The smallest absolute Gasteiger partial charge is 0.134 e. The fourth-order valence-corrected chi connectivity index (χ4v) is 2.26. The Morgan fingerprint density at radius 3 is 2.56 bits per heavy atom. The number of phenols is 1. The molecule has 0 amide bonds. The van der Waals surface area contributed by atoms with Gasteiger partial charge in [-0.15, -0.1) is 0 Å². The molecule has 0 aliphatic rings. The molecule has 2 nitrogen and oxygen atoms in total. The number of nitrogen functional groups attached to an aromatic ring is 1. The zero-order valence-electron chi connectivity index (χ0n) is 10.5. The van der Waals surface area contributed by atoms with E-state index in [2.05, 4.69) is 19.9 Å². The van der Waals surface area contributed by atoms with Crippen molar-refractivity contribution in [2.24, 2.45) is 0 Å². The Bertz CT molecular complexity index is 593. The van der Waals surface area contributed by atoms with Gasteiger partial charge < -0.3 is 10.8 Å². The van der Waals surface area contributed by atoms with E-state index in [0.717, 1.165) is 17.5 Å². The van der Waals surface area contributed by atoms with Crippen LogP contribution in [0.15, 0.2) is 30.3 Å². The first kappa shape index (κ1) is 12.8. The van der Waals surface area contributed by atoms with E-state index in [1.165, 1.54) is 11.1 Å². The van der Waals surface area contributed by atoms with Gasteiger partial charge in [0.05, 0.1) is 5.02 Å². The highest BCUT2D eigenvalue weighted by molar-refractivity contribution is 6.32. The third-order valence-electron chi connectivity index (χ3n) is 3.05. The molecule has 0 spiro atoms. The van der Waals surface area contributed by atoms with Crippen molar-refractivity contribution in [3.63, 3.8) is 0 Å². The third-order valence-corrected chi connectivity index (χ3v) is 3.35. The first-order valence-corrected chi connectivity index (χ1v) is 6.28. The summed E-state index contributed by atoms with van der Waals surface area (Å²) in [7, 11) is 0. The number of anilines is 1. The van der Waals surface area contributed by atoms with Crippen molar-refractivity contribution in [2.45, 2.75) is 20.3 Å². The van der Waals surface area contributed by atoms with Crippen LogP contribution in [0.3, 0.4) is 0 Å². The fraction of sp³-hybridized carbons (Fsp3) is 0.200. The quantitative estimate of drug-likeness (QED) is 0.630. The van der Waals surface area contributed by atoms with Gasteiger partial charge in [-0.25, -0.2) is 0 Å². The maximum atomic E-state index is 9.72. The van der Waals surface area contributed by atoms with E-state index in [-0.39, 0.29) is 10.8 Å². The van der Waals surface area contributed by atoms with Gasteiger partial charge in [-0.2, -0.15) is 0 Å². The van der Waals surface area contributed by atoms with Crippen molar-refractivity contribution in [1.82, 2.24) is 0 Å². The molecule has 2 aromatic carbocycles. The van der Waals surface area contributed by atoms with Crippen LogP contribution in [0.2, 0.25) is 5.02 Å². The normalized spacial score (nSPS) is 10.6. The SMILES string of the molecule is CCc1cc(C)ccc1-c1cc(O)c(Cl)cc1N. The lowest BCUT2D eigenvalue weighted by molar-refractivity contribution is 0.476. The minimum atomic E-state index is 0.0588. The van der Waals surface area contributed by atoms with E-state index in [0.29, 0.717) is 5.69 Å². The first-order chi connectivity index (χ1) is 8.52. The Kier molecular flexibility index (Phi) is 3.48. The molecule has 0 atom stereocenters. The molecule has 0 heterocycles. The predicted octanol–water partition coefficient (Wildman–Crippen LogP) is 4.17. The minimum absolute atomic E-state index is 0.0588. The molecule has 0 radical (unpaired) electrons. The van der Waals surface area contributed by atoms with Crippen molar-refractivity contribution in [1.29, 1.82) is 0 Å². The van der Waals surface area contributed by atoms with Crippen LogP contribution >= 0.6 is 11.6 Å². The number of benzene rings is 2. The summed E-state index contributed by atoms with van der Waals surface area (Å²) in [5.41, 5.74) is 10.9. The van der Waals surface area contributed by atoms with E-state index >= 15 is 0 Å². The lowest BCUT2D eigenvalue weighted by atomic mass is 9.95. The highest BCUT2D eigenvalue weighted by atomic mass is 35.5. The van der Waals surface area contributed by atoms with Gasteiger partial charge in [0.2, 0.25) is 0 Å². The van der Waals surface area contributed by atoms with Crippen molar-refractivity contribution in [3.05, 3.63) is 46.5 Å². The average Bonchev–Trinajstić information content (AvgIpc) is 2.34. The van der Waals surface area contributed by atoms with E-state index in [1.807, 2.05) is 12.1 Å². The van der Waals surface area contributed by atoms with Crippen molar-refractivity contribution < 1.29 is 5.11 Å². The molecule has 0 aliphatic carbocycles. The largest absolute Gasteiger partial charge is 0.506 e. The van der Waals surface area contributed by atoms with Crippen LogP contribution in [0.1, 0.15) is 18.1 Å². The number of aromatic hydroxyl groups is 1. The van der Waals surface area contributed by atoms with E-state index in [1.54, 1.807) is 12.1 Å². The van der Waals surface area contributed by atoms with Crippen LogP contribution in [0.5, 0.6) is 5.75 Å². The molecule has 2 aromatic rings. The molecule has 0 aromatic heterocycles. The van der Waals surface area contributed by atoms with Gasteiger partial charge in [-0.3, -0.25) is 0 Å². The average molecular weight is 262 g/mol. The van der Waals surface area contributed by atoms with Crippen LogP contribution in [-0.4, -0.2) is 5.11 Å². The number of hydrogen-bond acceptors (Lipinski definition) is 2. The molecule has 0 saturated heterocycles. The molecule has 94 valence electrons. The summed E-state index contributed by atoms with van der Waals surface area (Å²) in [5, 5.41) is 10.00. The third kappa shape index (κ3) is 2.29. The number of phenolic OH excluding ortho intramolecular Hbond substituents is 1. The second-order valence-corrected chi connectivity index (χ2v) is 4.81. The number of halogens is 1. The van der Waals surface area contributed by atoms with Gasteiger partial charge in [-0.1, -0.05) is 42.3 Å². The van der Waals surface area contributed by atoms with E-state index in [9.17, 15) is 5.11 Å². The molecular weight excluding hydrogens is 246 g/mol. The monoisotopic (exact) mass is 261 g/mol. The van der Waals surface area contributed by atoms with E-state index < -0.39 is 0 Å². The maximum absolute atomic E-state index is 9.72. The Hall–Kier alpha value is -1.67. The van der Waals surface area contributed by atoms with Crippen LogP contribution in [-0.2, 0) is 6.42 Å². The summed E-state index contributed by atoms with van der Waals surface area (Å²) in [6.45, 7) is 4.16. The summed E-state index contributed by atoms with van der Waals surface area (Å²) in [6.07, 6.45) is 0.917.